The lowest BCUT2D eigenvalue weighted by molar-refractivity contribution is 0.00578. The molecule has 1 unspecified atom stereocenters. The molecule has 1 saturated heterocycles. The molecule has 0 bridgehead atoms. The number of pyridine rings is 1. The van der Waals surface area contributed by atoms with Crippen molar-refractivity contribution in [3.05, 3.63) is 35.3 Å². The van der Waals surface area contributed by atoms with Crippen LogP contribution in [0.5, 0.6) is 0 Å². The van der Waals surface area contributed by atoms with Gasteiger partial charge in [0.2, 0.25) is 0 Å². The van der Waals surface area contributed by atoms with Crippen molar-refractivity contribution in [2.45, 2.75) is 51.9 Å². The lowest BCUT2D eigenvalue weighted by Crippen LogP contribution is -2.41. The molecule has 1 aromatic heterocycles. The van der Waals surface area contributed by atoms with Crippen LogP contribution in [0.15, 0.2) is 24.1 Å². The highest BCUT2D eigenvalue weighted by molar-refractivity contribution is 6.54. The SMILES string of the molecule is CC(O)C#Cc1ccc(C=C(F)B2OC(C)(C)C(C)(C)O2)cn1. The maximum absolute atomic E-state index is 14.4. The molecule has 4 nitrogen and oxygen atoms in total. The molecule has 0 radical (unpaired) electrons. The largest absolute Gasteiger partial charge is 0.525 e. The molecule has 23 heavy (non-hydrogen) atoms. The molecule has 1 aliphatic heterocycles. The van der Waals surface area contributed by atoms with Gasteiger partial charge in [-0.25, -0.2) is 9.37 Å². The highest BCUT2D eigenvalue weighted by atomic mass is 19.1. The Labute approximate surface area is 136 Å². The summed E-state index contributed by atoms with van der Waals surface area (Å²) in [6, 6.07) is 3.36. The molecule has 0 amide bonds. The lowest BCUT2D eigenvalue weighted by Gasteiger charge is -2.32. The van der Waals surface area contributed by atoms with E-state index >= 15 is 0 Å². The highest BCUT2D eigenvalue weighted by Gasteiger charge is 2.53. The number of aliphatic hydroxyl groups is 1. The fourth-order valence-corrected chi connectivity index (χ4v) is 1.93. The number of aliphatic hydroxyl groups excluding tert-OH is 1. The molecule has 2 rings (SSSR count). The quantitative estimate of drug-likeness (QED) is 0.673. The zero-order valence-corrected chi connectivity index (χ0v) is 14.1. The van der Waals surface area contributed by atoms with Crippen molar-refractivity contribution in [2.24, 2.45) is 0 Å². The van der Waals surface area contributed by atoms with Crippen LogP contribution in [-0.2, 0) is 9.31 Å². The predicted octanol–water partition coefficient (Wildman–Crippen LogP) is 2.76. The Hall–Kier alpha value is -1.68. The van der Waals surface area contributed by atoms with Gasteiger partial charge in [0.15, 0.2) is 0 Å². The third-order valence-corrected chi connectivity index (χ3v) is 3.98. The van der Waals surface area contributed by atoms with E-state index in [2.05, 4.69) is 16.8 Å². The number of hydrogen-bond donors (Lipinski definition) is 1. The summed E-state index contributed by atoms with van der Waals surface area (Å²) in [6.45, 7) is 9.06. The average molecular weight is 317 g/mol. The Morgan fingerprint density at radius 3 is 2.39 bits per heavy atom. The second kappa shape index (κ2) is 6.44. The summed E-state index contributed by atoms with van der Waals surface area (Å²) in [5, 5.41) is 9.10. The number of hydrogen-bond acceptors (Lipinski definition) is 4. The second-order valence-corrected chi connectivity index (χ2v) is 6.54. The van der Waals surface area contributed by atoms with Crippen LogP contribution in [0.2, 0.25) is 0 Å². The average Bonchev–Trinajstić information content (AvgIpc) is 2.67. The third kappa shape index (κ3) is 4.20. The summed E-state index contributed by atoms with van der Waals surface area (Å²) in [4.78, 5) is 4.11. The molecule has 1 N–H and O–H groups in total. The first kappa shape index (κ1) is 17.7. The maximum Gasteiger partial charge on any atom is 0.525 e. The topological polar surface area (TPSA) is 51.6 Å². The number of aromatic nitrogens is 1. The van der Waals surface area contributed by atoms with Crippen molar-refractivity contribution < 1.29 is 18.8 Å². The first-order chi connectivity index (χ1) is 10.6. The van der Waals surface area contributed by atoms with E-state index in [0.29, 0.717) is 11.3 Å². The molecule has 0 saturated carbocycles. The standard InChI is InChI=1S/C17H21BFNO3/c1-12(21)6-8-14-9-7-13(11-20-14)10-15(19)18-22-16(2,3)17(4,5)23-18/h7,9-12,21H,1-5H3. The smallest absolute Gasteiger partial charge is 0.398 e. The minimum absolute atomic E-state index is 0.506. The molecule has 1 fully saturated rings. The van der Waals surface area contributed by atoms with E-state index in [-0.39, 0.29) is 0 Å². The summed E-state index contributed by atoms with van der Waals surface area (Å²) in [5.41, 5.74) is -0.574. The van der Waals surface area contributed by atoms with Crippen LogP contribution in [0, 0.1) is 11.8 Å². The van der Waals surface area contributed by atoms with Crippen molar-refractivity contribution in [3.63, 3.8) is 0 Å². The van der Waals surface area contributed by atoms with Crippen molar-refractivity contribution in [3.8, 4) is 11.8 Å². The van der Waals surface area contributed by atoms with Crippen molar-refractivity contribution >= 4 is 13.2 Å². The van der Waals surface area contributed by atoms with Gasteiger partial charge in [-0.3, -0.25) is 0 Å². The Bertz CT molecular complexity index is 641. The van der Waals surface area contributed by atoms with Gasteiger partial charge < -0.3 is 14.4 Å². The van der Waals surface area contributed by atoms with Crippen LogP contribution in [0.1, 0.15) is 45.9 Å². The van der Waals surface area contributed by atoms with Gasteiger partial charge in [0.1, 0.15) is 17.5 Å². The first-order valence-corrected chi connectivity index (χ1v) is 7.49. The van der Waals surface area contributed by atoms with Gasteiger partial charge in [-0.15, -0.1) is 0 Å². The van der Waals surface area contributed by atoms with Crippen LogP contribution < -0.4 is 0 Å². The fourth-order valence-electron chi connectivity index (χ4n) is 1.93. The van der Waals surface area contributed by atoms with E-state index in [1.165, 1.54) is 12.3 Å². The second-order valence-electron chi connectivity index (χ2n) is 6.54. The monoisotopic (exact) mass is 317 g/mol. The molecule has 2 heterocycles. The third-order valence-electron chi connectivity index (χ3n) is 3.98. The summed E-state index contributed by atoms with van der Waals surface area (Å²) in [5.74, 6) is 5.32. The van der Waals surface area contributed by atoms with Crippen LogP contribution in [-0.4, -0.2) is 34.5 Å². The lowest BCUT2D eigenvalue weighted by atomic mass is 9.87. The Kier molecular flexibility index (Phi) is 4.95. The highest BCUT2D eigenvalue weighted by Crippen LogP contribution is 2.38. The van der Waals surface area contributed by atoms with Crippen LogP contribution in [0.4, 0.5) is 4.39 Å². The zero-order valence-electron chi connectivity index (χ0n) is 14.1. The molecule has 122 valence electrons. The van der Waals surface area contributed by atoms with Gasteiger partial charge in [-0.1, -0.05) is 12.0 Å². The zero-order chi connectivity index (χ0) is 17.3. The van der Waals surface area contributed by atoms with Gasteiger partial charge in [0, 0.05) is 6.20 Å². The molecule has 1 aliphatic rings. The van der Waals surface area contributed by atoms with Gasteiger partial charge in [-0.2, -0.15) is 0 Å². The van der Waals surface area contributed by atoms with Crippen molar-refractivity contribution in [1.29, 1.82) is 0 Å². The van der Waals surface area contributed by atoms with E-state index < -0.39 is 30.2 Å². The van der Waals surface area contributed by atoms with Crippen molar-refractivity contribution in [1.82, 2.24) is 4.98 Å². The van der Waals surface area contributed by atoms with E-state index in [1.807, 2.05) is 27.7 Å². The van der Waals surface area contributed by atoms with Gasteiger partial charge in [0.25, 0.3) is 0 Å². The molecular weight excluding hydrogens is 296 g/mol. The Morgan fingerprint density at radius 2 is 1.91 bits per heavy atom. The molecule has 1 atom stereocenters. The van der Waals surface area contributed by atoms with E-state index in [4.69, 9.17) is 14.4 Å². The summed E-state index contributed by atoms with van der Waals surface area (Å²) in [6.07, 6.45) is 2.13. The molecule has 6 heteroatoms. The molecule has 0 spiro atoms. The summed E-state index contributed by atoms with van der Waals surface area (Å²) >= 11 is 0. The Morgan fingerprint density at radius 1 is 1.30 bits per heavy atom. The minimum Gasteiger partial charge on any atom is -0.398 e. The fraction of sp³-hybridized carbons (Fsp3) is 0.471. The van der Waals surface area contributed by atoms with Crippen molar-refractivity contribution in [2.75, 3.05) is 0 Å². The van der Waals surface area contributed by atoms with Crippen LogP contribution >= 0.6 is 0 Å². The number of nitrogens with zero attached hydrogens (tertiary/aromatic N) is 1. The van der Waals surface area contributed by atoms with Crippen LogP contribution in [0.3, 0.4) is 0 Å². The Balaban J connectivity index is 2.12. The molecule has 0 aliphatic carbocycles. The molecular formula is C17H21BFNO3. The maximum atomic E-state index is 14.4. The van der Waals surface area contributed by atoms with E-state index in [1.54, 1.807) is 19.1 Å². The van der Waals surface area contributed by atoms with Gasteiger partial charge in [0.05, 0.1) is 11.2 Å². The summed E-state index contributed by atoms with van der Waals surface area (Å²) < 4.78 is 25.7. The molecule has 1 aromatic rings. The minimum atomic E-state index is -1.02. The molecule has 0 aromatic carbocycles. The van der Waals surface area contributed by atoms with E-state index in [0.717, 1.165) is 0 Å². The number of rotatable bonds is 2. The first-order valence-electron chi connectivity index (χ1n) is 7.49. The normalized spacial score (nSPS) is 20.8. The number of halogens is 1. The predicted molar refractivity (Wildman–Crippen MR) is 88.0 cm³/mol. The summed E-state index contributed by atoms with van der Waals surface area (Å²) in [7, 11) is -1.02. The van der Waals surface area contributed by atoms with E-state index in [9.17, 15) is 4.39 Å². The van der Waals surface area contributed by atoms with Gasteiger partial charge >= 0.3 is 7.12 Å². The van der Waals surface area contributed by atoms with Gasteiger partial charge in [-0.05, 0) is 58.2 Å². The van der Waals surface area contributed by atoms with Crippen LogP contribution in [0.25, 0.3) is 6.08 Å².